The number of benzene rings is 2. The number of carbonyl (C=O) groups excluding carboxylic acids is 6. The van der Waals surface area contributed by atoms with Crippen molar-refractivity contribution < 1.29 is 57.7 Å². The van der Waals surface area contributed by atoms with Crippen molar-refractivity contribution in [3.05, 3.63) is 64.2 Å². The monoisotopic (exact) mass is 688 g/mol. The van der Waals surface area contributed by atoms with E-state index in [1.807, 2.05) is 0 Å². The average molecular weight is 689 g/mol. The zero-order chi connectivity index (χ0) is 36.5. The summed E-state index contributed by atoms with van der Waals surface area (Å²) in [5, 5.41) is 25.9. The number of methoxy groups -OCH3 is 1. The number of nitrogens with one attached hydrogen (secondary N) is 2. The largest absolute Gasteiger partial charge is 0.514 e. The number of hydrogen-bond donors (Lipinski definition) is 4. The number of carbonyl (C=O) groups is 6. The van der Waals surface area contributed by atoms with Gasteiger partial charge in [0, 0.05) is 44.2 Å². The molecule has 0 fully saturated rings. The molecule has 0 heterocycles. The number of non-ortho nitro benzene ring substituents is 1. The van der Waals surface area contributed by atoms with Crippen molar-refractivity contribution in [1.29, 1.82) is 0 Å². The van der Waals surface area contributed by atoms with E-state index in [1.54, 1.807) is 0 Å². The molecule has 49 heavy (non-hydrogen) atoms. The number of hydrogen-bond acceptors (Lipinski definition) is 13. The average Bonchev–Trinajstić information content (AvgIpc) is 3.04. The third kappa shape index (κ3) is 14.6. The van der Waals surface area contributed by atoms with E-state index in [9.17, 15) is 44.0 Å². The van der Waals surface area contributed by atoms with Gasteiger partial charge in [-0.2, -0.15) is 0 Å². The molecule has 1 unspecified atom stereocenters. The van der Waals surface area contributed by atoms with Crippen molar-refractivity contribution in [2.75, 3.05) is 32.2 Å². The van der Waals surface area contributed by atoms with E-state index in [4.69, 9.17) is 24.7 Å². The van der Waals surface area contributed by atoms with Crippen LogP contribution in [0, 0.1) is 22.0 Å². The lowest BCUT2D eigenvalue weighted by atomic mass is 9.93. The van der Waals surface area contributed by atoms with Gasteiger partial charge in [0.1, 0.15) is 19.0 Å². The van der Waals surface area contributed by atoms with Gasteiger partial charge >= 0.3 is 6.16 Å². The Hall–Kier alpha value is -5.26. The third-order valence-electron chi connectivity index (χ3n) is 7.00. The minimum atomic E-state index is -1.21. The number of nitro groups is 1. The lowest BCUT2D eigenvalue weighted by Crippen LogP contribution is -2.46. The number of aliphatic hydroxyl groups excluding tert-OH is 1. The molecule has 2 aromatic carbocycles. The van der Waals surface area contributed by atoms with E-state index in [-0.39, 0.29) is 44.3 Å². The van der Waals surface area contributed by atoms with E-state index in [2.05, 4.69) is 10.6 Å². The second-order valence-electron chi connectivity index (χ2n) is 11.0. The Balaban J connectivity index is 1.92. The Morgan fingerprint density at radius 1 is 0.918 bits per heavy atom. The normalized spacial score (nSPS) is 13.2. The molecule has 3 amide bonds. The van der Waals surface area contributed by atoms with Crippen LogP contribution in [0.1, 0.15) is 38.7 Å². The number of nitrogens with zero attached hydrogens (tertiary/aromatic N) is 1. The van der Waals surface area contributed by atoms with Gasteiger partial charge in [-0.25, -0.2) is 4.79 Å². The first kappa shape index (κ1) is 39.9. The lowest BCUT2D eigenvalue weighted by Gasteiger charge is -2.22. The predicted octanol–water partition coefficient (Wildman–Crippen LogP) is 1.82. The summed E-state index contributed by atoms with van der Waals surface area (Å²) in [4.78, 5) is 84.9. The number of ketones is 2. The SMILES string of the molecule is COCCOCC(=O)C[C@H](C(=O)N[C@@H](C)C(=O)C[C@@H](CC(N)=O)C(=O)Nc1ccc(COC(=O)Oc2ccc([N+](=O)[O-])cc2)cc1)C(C)O. The van der Waals surface area contributed by atoms with Crippen LogP contribution in [0.4, 0.5) is 16.2 Å². The van der Waals surface area contributed by atoms with Crippen LogP contribution in [0.2, 0.25) is 0 Å². The number of aliphatic hydroxyl groups is 1. The van der Waals surface area contributed by atoms with Crippen molar-refractivity contribution >= 4 is 46.8 Å². The molecule has 5 N–H and O–H groups in total. The van der Waals surface area contributed by atoms with Crippen molar-refractivity contribution in [1.82, 2.24) is 5.32 Å². The smallest absolute Gasteiger partial charge is 0.429 e. The molecule has 0 aliphatic heterocycles. The first-order valence-corrected chi connectivity index (χ1v) is 15.1. The van der Waals surface area contributed by atoms with Gasteiger partial charge in [-0.15, -0.1) is 0 Å². The van der Waals surface area contributed by atoms with Crippen LogP contribution in [0.25, 0.3) is 0 Å². The molecule has 0 spiro atoms. The molecular weight excluding hydrogens is 648 g/mol. The van der Waals surface area contributed by atoms with Gasteiger partial charge in [-0.1, -0.05) is 12.1 Å². The minimum Gasteiger partial charge on any atom is -0.429 e. The summed E-state index contributed by atoms with van der Waals surface area (Å²) < 4.78 is 20.0. The fourth-order valence-electron chi connectivity index (χ4n) is 4.27. The maximum atomic E-state index is 13.0. The molecule has 0 saturated carbocycles. The summed E-state index contributed by atoms with van der Waals surface area (Å²) >= 11 is 0. The summed E-state index contributed by atoms with van der Waals surface area (Å²) in [7, 11) is 1.47. The highest BCUT2D eigenvalue weighted by molar-refractivity contribution is 5.99. The zero-order valence-electron chi connectivity index (χ0n) is 27.2. The van der Waals surface area contributed by atoms with Gasteiger partial charge < -0.3 is 40.4 Å². The van der Waals surface area contributed by atoms with Crippen LogP contribution in [0.15, 0.2) is 48.5 Å². The van der Waals surface area contributed by atoms with E-state index in [0.29, 0.717) is 11.3 Å². The molecule has 0 aliphatic rings. The van der Waals surface area contributed by atoms with Gasteiger partial charge in [-0.05, 0) is 43.7 Å². The molecule has 4 atom stereocenters. The molecule has 0 aliphatic carbocycles. The highest BCUT2D eigenvalue weighted by Crippen LogP contribution is 2.19. The molecule has 2 rings (SSSR count). The van der Waals surface area contributed by atoms with Gasteiger partial charge in [0.15, 0.2) is 11.6 Å². The number of anilines is 1. The van der Waals surface area contributed by atoms with E-state index >= 15 is 0 Å². The maximum absolute atomic E-state index is 13.0. The second kappa shape index (κ2) is 20.2. The van der Waals surface area contributed by atoms with Crippen LogP contribution in [-0.4, -0.2) is 84.5 Å². The van der Waals surface area contributed by atoms with E-state index in [1.165, 1.54) is 69.5 Å². The van der Waals surface area contributed by atoms with Gasteiger partial charge in [0.2, 0.25) is 17.7 Å². The summed E-state index contributed by atoms with van der Waals surface area (Å²) in [5.74, 6) is -5.60. The summed E-state index contributed by atoms with van der Waals surface area (Å²) in [6, 6.07) is 9.75. The maximum Gasteiger partial charge on any atom is 0.514 e. The molecule has 17 heteroatoms. The van der Waals surface area contributed by atoms with Crippen LogP contribution in [-0.2, 0) is 44.8 Å². The zero-order valence-corrected chi connectivity index (χ0v) is 27.2. The van der Waals surface area contributed by atoms with Crippen molar-refractivity contribution in [3.63, 3.8) is 0 Å². The summed E-state index contributed by atoms with van der Waals surface area (Å²) in [6.07, 6.45) is -3.51. The molecule has 0 saturated heterocycles. The fourth-order valence-corrected chi connectivity index (χ4v) is 4.27. The molecule has 0 aromatic heterocycles. The lowest BCUT2D eigenvalue weighted by molar-refractivity contribution is -0.384. The Labute approximate surface area is 281 Å². The van der Waals surface area contributed by atoms with Crippen LogP contribution >= 0.6 is 0 Å². The Bertz CT molecular complexity index is 1460. The summed E-state index contributed by atoms with van der Waals surface area (Å²) in [5.41, 5.74) is 5.95. The molecule has 2 aromatic rings. The van der Waals surface area contributed by atoms with Crippen molar-refractivity contribution in [3.8, 4) is 5.75 Å². The predicted molar refractivity (Wildman–Crippen MR) is 171 cm³/mol. The number of nitro benzene ring substituents is 1. The standard InChI is InChI=1S/C32H40N4O13/c1-19(34-31(42)27(20(2)37)16-25(38)18-47-13-12-46-3)28(39)14-22(15-29(33)40)30(41)35-23-6-4-21(5-7-23)17-48-32(43)49-26-10-8-24(9-11-26)36(44)45/h4-11,19-20,22,27,37H,12-18H2,1-3H3,(H2,33,40)(H,34,42)(H,35,41)/t19-,20?,22-,27-/m0/s1. The van der Waals surface area contributed by atoms with Gasteiger partial charge in [0.05, 0.1) is 42.1 Å². The first-order valence-electron chi connectivity index (χ1n) is 15.1. The van der Waals surface area contributed by atoms with E-state index in [0.717, 1.165) is 0 Å². The highest BCUT2D eigenvalue weighted by Gasteiger charge is 2.31. The molecule has 0 bridgehead atoms. The number of rotatable bonds is 21. The fraction of sp³-hybridized carbons (Fsp3) is 0.438. The third-order valence-corrected chi connectivity index (χ3v) is 7.00. The number of amides is 3. The quantitative estimate of drug-likeness (QED) is 0.0481. The Morgan fingerprint density at radius 2 is 1.57 bits per heavy atom. The topological polar surface area (TPSA) is 253 Å². The minimum absolute atomic E-state index is 0.0467. The van der Waals surface area contributed by atoms with Gasteiger partial charge in [-0.3, -0.25) is 34.1 Å². The Morgan fingerprint density at radius 3 is 2.14 bits per heavy atom. The molecular formula is C32H40N4O13. The van der Waals surface area contributed by atoms with Crippen LogP contribution in [0.5, 0.6) is 5.75 Å². The molecule has 0 radical (unpaired) electrons. The van der Waals surface area contributed by atoms with Crippen molar-refractivity contribution in [2.45, 2.75) is 51.9 Å². The van der Waals surface area contributed by atoms with Gasteiger partial charge in [0.25, 0.3) is 5.69 Å². The molecule has 266 valence electrons. The Kier molecular flexibility index (Phi) is 16.4. The first-order chi connectivity index (χ1) is 23.2. The second-order valence-corrected chi connectivity index (χ2v) is 11.0. The van der Waals surface area contributed by atoms with Crippen LogP contribution in [0.3, 0.4) is 0 Å². The van der Waals surface area contributed by atoms with E-state index < -0.39 is 77.2 Å². The van der Waals surface area contributed by atoms with Crippen LogP contribution < -0.4 is 21.1 Å². The number of nitrogens with two attached hydrogens (primary N) is 1. The molecule has 17 nitrogen and oxygen atoms in total. The highest BCUT2D eigenvalue weighted by atomic mass is 16.7. The number of Topliss-reactive ketones (excluding diaryl/α,β-unsaturated/α-hetero) is 2. The summed E-state index contributed by atoms with van der Waals surface area (Å²) in [6.45, 7) is 2.68. The van der Waals surface area contributed by atoms with Crippen molar-refractivity contribution in [2.24, 2.45) is 17.6 Å². The number of ether oxygens (including phenoxy) is 4. The number of primary amides is 1.